The summed E-state index contributed by atoms with van der Waals surface area (Å²) in [6, 6.07) is 9.81. The number of nitrogens with two attached hydrogens (primary N) is 1. The SMILES string of the molecule is CCC(CC)COC(=O)C(C#N)=C1Nc2ccccc2N=C1N1CCC(N)CC1. The Morgan fingerprint density at radius 2 is 2.03 bits per heavy atom. The molecule has 0 aromatic heterocycles. The molecule has 1 saturated heterocycles. The van der Waals surface area contributed by atoms with E-state index in [0.29, 0.717) is 24.1 Å². The van der Waals surface area contributed by atoms with Crippen LogP contribution in [0, 0.1) is 17.2 Å². The summed E-state index contributed by atoms with van der Waals surface area (Å²) in [6.07, 6.45) is 3.53. The fraction of sp³-hybridized carbons (Fsp3) is 0.500. The molecule has 2 aliphatic rings. The maximum Gasteiger partial charge on any atom is 0.351 e. The second-order valence-electron chi connectivity index (χ2n) is 7.54. The van der Waals surface area contributed by atoms with Gasteiger partial charge in [0.1, 0.15) is 11.8 Å². The molecule has 0 atom stereocenters. The van der Waals surface area contributed by atoms with E-state index in [9.17, 15) is 10.1 Å². The van der Waals surface area contributed by atoms with Crippen molar-refractivity contribution in [3.63, 3.8) is 0 Å². The number of amidine groups is 1. The number of esters is 1. The van der Waals surface area contributed by atoms with Gasteiger partial charge in [-0.25, -0.2) is 9.79 Å². The van der Waals surface area contributed by atoms with Crippen LogP contribution in [0.2, 0.25) is 0 Å². The Morgan fingerprint density at radius 3 is 2.69 bits per heavy atom. The molecule has 1 aromatic rings. The van der Waals surface area contributed by atoms with E-state index in [4.69, 9.17) is 15.5 Å². The zero-order valence-electron chi connectivity index (χ0n) is 17.1. The van der Waals surface area contributed by atoms with Crippen LogP contribution in [0.1, 0.15) is 39.5 Å². The molecule has 3 N–H and O–H groups in total. The molecule has 154 valence electrons. The van der Waals surface area contributed by atoms with Gasteiger partial charge in [0.2, 0.25) is 0 Å². The Hall–Kier alpha value is -2.85. The average Bonchev–Trinajstić information content (AvgIpc) is 2.75. The summed E-state index contributed by atoms with van der Waals surface area (Å²) in [4.78, 5) is 19.6. The number of piperidine rings is 1. The minimum Gasteiger partial charge on any atom is -0.461 e. The quantitative estimate of drug-likeness (QED) is 0.450. The van der Waals surface area contributed by atoms with Crippen LogP contribution < -0.4 is 11.1 Å². The minimum atomic E-state index is -0.609. The third-order valence-electron chi connectivity index (χ3n) is 5.62. The molecule has 0 aliphatic carbocycles. The van der Waals surface area contributed by atoms with Crippen LogP contribution in [-0.4, -0.2) is 42.4 Å². The van der Waals surface area contributed by atoms with E-state index in [1.165, 1.54) is 0 Å². The number of hydrogen-bond acceptors (Lipinski definition) is 7. The minimum absolute atomic E-state index is 0.0425. The van der Waals surface area contributed by atoms with Crippen molar-refractivity contribution in [1.82, 2.24) is 4.90 Å². The van der Waals surface area contributed by atoms with E-state index in [1.807, 2.05) is 24.3 Å². The molecule has 2 heterocycles. The van der Waals surface area contributed by atoms with E-state index in [1.54, 1.807) is 0 Å². The highest BCUT2D eigenvalue weighted by atomic mass is 16.5. The molecule has 0 amide bonds. The molecule has 29 heavy (non-hydrogen) atoms. The predicted octanol–water partition coefficient (Wildman–Crippen LogP) is 3.32. The van der Waals surface area contributed by atoms with E-state index in [0.717, 1.165) is 50.1 Å². The van der Waals surface area contributed by atoms with E-state index in [2.05, 4.69) is 30.1 Å². The summed E-state index contributed by atoms with van der Waals surface area (Å²) < 4.78 is 5.48. The number of nitriles is 1. The lowest BCUT2D eigenvalue weighted by Gasteiger charge is -2.35. The van der Waals surface area contributed by atoms with Gasteiger partial charge in [-0.1, -0.05) is 38.8 Å². The summed E-state index contributed by atoms with van der Waals surface area (Å²) >= 11 is 0. The lowest BCUT2D eigenvalue weighted by molar-refractivity contribution is -0.140. The van der Waals surface area contributed by atoms with Crippen molar-refractivity contribution in [2.75, 3.05) is 25.0 Å². The van der Waals surface area contributed by atoms with E-state index < -0.39 is 5.97 Å². The maximum atomic E-state index is 12.8. The third kappa shape index (κ3) is 4.77. The Balaban J connectivity index is 1.94. The molecule has 1 fully saturated rings. The Bertz CT molecular complexity index is 843. The summed E-state index contributed by atoms with van der Waals surface area (Å²) in [5.74, 6) is 0.287. The van der Waals surface area contributed by atoms with Crippen LogP contribution in [0.4, 0.5) is 11.4 Å². The third-order valence-corrected chi connectivity index (χ3v) is 5.62. The van der Waals surface area contributed by atoms with Crippen molar-refractivity contribution >= 4 is 23.2 Å². The number of rotatable bonds is 5. The number of ether oxygens (including phenoxy) is 1. The topological polar surface area (TPSA) is 104 Å². The predicted molar refractivity (Wildman–Crippen MR) is 114 cm³/mol. The van der Waals surface area contributed by atoms with Gasteiger partial charge in [-0.15, -0.1) is 0 Å². The van der Waals surface area contributed by atoms with Crippen molar-refractivity contribution in [2.24, 2.45) is 16.6 Å². The highest BCUT2D eigenvalue weighted by Gasteiger charge is 2.30. The smallest absolute Gasteiger partial charge is 0.351 e. The number of benzene rings is 1. The van der Waals surface area contributed by atoms with Crippen molar-refractivity contribution < 1.29 is 9.53 Å². The van der Waals surface area contributed by atoms with Gasteiger partial charge in [0.05, 0.1) is 18.0 Å². The number of likely N-dealkylation sites (tertiary alicyclic amines) is 1. The number of anilines is 1. The molecule has 0 saturated carbocycles. The molecular formula is C22H29N5O2. The van der Waals surface area contributed by atoms with Gasteiger partial charge in [0.25, 0.3) is 0 Å². The normalized spacial score (nSPS) is 18.4. The van der Waals surface area contributed by atoms with Gasteiger partial charge in [0, 0.05) is 19.1 Å². The lowest BCUT2D eigenvalue weighted by Crippen LogP contribution is -2.45. The molecule has 1 aromatic carbocycles. The first-order chi connectivity index (χ1) is 14.1. The maximum absolute atomic E-state index is 12.8. The standard InChI is InChI=1S/C22H29N5O2/c1-3-15(4-2)14-29-22(28)17(13-23)20-21(27-11-9-16(24)10-12-27)26-19-8-6-5-7-18(19)25-20/h5-8,15-16,25H,3-4,9-12,14,24H2,1-2H3. The summed E-state index contributed by atoms with van der Waals surface area (Å²) in [5.41, 5.74) is 7.96. The van der Waals surface area contributed by atoms with Crippen molar-refractivity contribution in [2.45, 2.75) is 45.6 Å². The first kappa shape index (κ1) is 20.9. The number of carbonyl (C=O) groups excluding carboxylic acids is 1. The molecule has 0 spiro atoms. The molecule has 0 bridgehead atoms. The Morgan fingerprint density at radius 1 is 1.34 bits per heavy atom. The molecule has 0 radical (unpaired) electrons. The van der Waals surface area contributed by atoms with E-state index in [-0.39, 0.29) is 11.6 Å². The second-order valence-corrected chi connectivity index (χ2v) is 7.54. The van der Waals surface area contributed by atoms with Crippen LogP contribution in [0.15, 0.2) is 40.5 Å². The van der Waals surface area contributed by atoms with Gasteiger partial charge in [0.15, 0.2) is 11.4 Å². The molecular weight excluding hydrogens is 366 g/mol. The van der Waals surface area contributed by atoms with Gasteiger partial charge in [-0.05, 0) is 30.9 Å². The monoisotopic (exact) mass is 395 g/mol. The van der Waals surface area contributed by atoms with Gasteiger partial charge >= 0.3 is 5.97 Å². The highest BCUT2D eigenvalue weighted by Crippen LogP contribution is 2.33. The second kappa shape index (κ2) is 9.57. The number of para-hydroxylation sites is 2. The molecule has 2 aliphatic heterocycles. The number of nitrogens with one attached hydrogen (secondary N) is 1. The van der Waals surface area contributed by atoms with Crippen LogP contribution in [0.25, 0.3) is 0 Å². The zero-order chi connectivity index (χ0) is 20.8. The highest BCUT2D eigenvalue weighted by molar-refractivity contribution is 6.12. The zero-order valence-corrected chi connectivity index (χ0v) is 17.1. The number of hydrogen-bond donors (Lipinski definition) is 2. The average molecular weight is 396 g/mol. The molecule has 3 rings (SSSR count). The largest absolute Gasteiger partial charge is 0.461 e. The summed E-state index contributed by atoms with van der Waals surface area (Å²) in [7, 11) is 0. The van der Waals surface area contributed by atoms with Gasteiger partial charge in [-0.2, -0.15) is 5.26 Å². The summed E-state index contributed by atoms with van der Waals surface area (Å²) in [5, 5.41) is 13.0. The molecule has 7 heteroatoms. The van der Waals surface area contributed by atoms with Crippen molar-refractivity contribution in [3.8, 4) is 6.07 Å². The van der Waals surface area contributed by atoms with Crippen LogP contribution in [0.3, 0.4) is 0 Å². The van der Waals surface area contributed by atoms with E-state index >= 15 is 0 Å². The Labute approximate surface area is 172 Å². The fourth-order valence-corrected chi connectivity index (χ4v) is 3.55. The first-order valence-electron chi connectivity index (χ1n) is 10.3. The van der Waals surface area contributed by atoms with Gasteiger partial charge < -0.3 is 20.7 Å². The van der Waals surface area contributed by atoms with Crippen LogP contribution >= 0.6 is 0 Å². The number of nitrogens with zero attached hydrogens (tertiary/aromatic N) is 3. The molecule has 0 unspecified atom stereocenters. The number of carbonyl (C=O) groups is 1. The van der Waals surface area contributed by atoms with Crippen LogP contribution in [0.5, 0.6) is 0 Å². The van der Waals surface area contributed by atoms with Gasteiger partial charge in [-0.3, -0.25) is 0 Å². The lowest BCUT2D eigenvalue weighted by atomic mass is 10.0. The van der Waals surface area contributed by atoms with Crippen molar-refractivity contribution in [1.29, 1.82) is 5.26 Å². The van der Waals surface area contributed by atoms with Crippen LogP contribution in [-0.2, 0) is 9.53 Å². The number of aliphatic imine (C=N–C) groups is 1. The van der Waals surface area contributed by atoms with Crippen molar-refractivity contribution in [3.05, 3.63) is 35.5 Å². The number of fused-ring (bicyclic) bond motifs is 1. The summed E-state index contributed by atoms with van der Waals surface area (Å²) in [6.45, 7) is 5.91. The fourth-order valence-electron chi connectivity index (χ4n) is 3.55. The Kier molecular flexibility index (Phi) is 6.89. The molecule has 7 nitrogen and oxygen atoms in total. The first-order valence-corrected chi connectivity index (χ1v) is 10.3.